The lowest BCUT2D eigenvalue weighted by atomic mass is 9.75. The van der Waals surface area contributed by atoms with Crippen molar-refractivity contribution in [1.29, 1.82) is 0 Å². The van der Waals surface area contributed by atoms with Crippen LogP contribution >= 0.6 is 0 Å². The molecule has 0 unspecified atom stereocenters. The van der Waals surface area contributed by atoms with Gasteiger partial charge in [-0.25, -0.2) is 4.39 Å². The highest BCUT2D eigenvalue weighted by molar-refractivity contribution is 5.83. The van der Waals surface area contributed by atoms with Crippen molar-refractivity contribution >= 4 is 11.6 Å². The quantitative estimate of drug-likeness (QED) is 0.413. The van der Waals surface area contributed by atoms with Gasteiger partial charge in [-0.05, 0) is 53.3 Å². The minimum Gasteiger partial charge on any atom is -0.378 e. The Hall–Kier alpha value is -3.40. The second-order valence-corrected chi connectivity index (χ2v) is 9.82. The summed E-state index contributed by atoms with van der Waals surface area (Å²) in [4.78, 5) is 17.7. The maximum atomic E-state index is 15.0. The molecule has 3 nitrogen and oxygen atoms in total. The number of rotatable bonds is 5. The zero-order valence-electron chi connectivity index (χ0n) is 20.0. The van der Waals surface area contributed by atoms with E-state index in [9.17, 15) is 4.79 Å². The number of allylic oxidation sites excluding steroid dienone is 1. The van der Waals surface area contributed by atoms with E-state index >= 15 is 4.39 Å². The molecule has 1 aliphatic carbocycles. The standard InChI is InChI=1S/C30H31FN2O/c1-20-8-7-11-25-28(20)30(34)33(19-21-9-5-4-6-10-21)29(25)23-14-17-27(31)26(18-23)22-12-15-24(16-13-22)32(2)3/h4-7,9-18,20,25,28-29H,8,19H2,1-3H3/t20-,25+,28+,29+/m1/s1. The van der Waals surface area contributed by atoms with Gasteiger partial charge in [-0.2, -0.15) is 0 Å². The first-order valence-electron chi connectivity index (χ1n) is 12.0. The van der Waals surface area contributed by atoms with Crippen LogP contribution in [-0.2, 0) is 11.3 Å². The van der Waals surface area contributed by atoms with E-state index < -0.39 is 0 Å². The van der Waals surface area contributed by atoms with E-state index in [0.29, 0.717) is 18.0 Å². The first-order valence-corrected chi connectivity index (χ1v) is 12.0. The second kappa shape index (κ2) is 9.09. The summed E-state index contributed by atoms with van der Waals surface area (Å²) in [5.74, 6) is 0.312. The number of nitrogens with zero attached hydrogens (tertiary/aromatic N) is 2. The highest BCUT2D eigenvalue weighted by Crippen LogP contribution is 2.49. The molecule has 2 aliphatic rings. The molecule has 0 aromatic heterocycles. The number of hydrogen-bond acceptors (Lipinski definition) is 2. The van der Waals surface area contributed by atoms with Gasteiger partial charge in [0.05, 0.1) is 6.04 Å². The van der Waals surface area contributed by atoms with Gasteiger partial charge < -0.3 is 9.80 Å². The van der Waals surface area contributed by atoms with Gasteiger partial charge in [-0.3, -0.25) is 4.79 Å². The van der Waals surface area contributed by atoms with E-state index in [4.69, 9.17) is 0 Å². The number of benzene rings is 3. The van der Waals surface area contributed by atoms with E-state index in [1.54, 1.807) is 6.07 Å². The van der Waals surface area contributed by atoms with Crippen LogP contribution < -0.4 is 4.90 Å². The largest absolute Gasteiger partial charge is 0.378 e. The first kappa shape index (κ1) is 22.4. The molecule has 1 amide bonds. The molecule has 0 bridgehead atoms. The fraction of sp³-hybridized carbons (Fsp3) is 0.300. The fourth-order valence-electron chi connectivity index (χ4n) is 5.59. The van der Waals surface area contributed by atoms with Crippen molar-refractivity contribution in [2.75, 3.05) is 19.0 Å². The molecule has 0 saturated carbocycles. The van der Waals surface area contributed by atoms with E-state index in [2.05, 4.69) is 31.2 Å². The van der Waals surface area contributed by atoms with Gasteiger partial charge in [-0.1, -0.05) is 67.6 Å². The van der Waals surface area contributed by atoms with Crippen molar-refractivity contribution < 1.29 is 9.18 Å². The van der Waals surface area contributed by atoms with Crippen LogP contribution in [0.2, 0.25) is 0 Å². The summed E-state index contributed by atoms with van der Waals surface area (Å²) in [6, 6.07) is 23.3. The normalized spacial score (nSPS) is 23.8. The summed E-state index contributed by atoms with van der Waals surface area (Å²) >= 11 is 0. The van der Waals surface area contributed by atoms with Crippen LogP contribution in [0.4, 0.5) is 10.1 Å². The Kier molecular flexibility index (Phi) is 5.99. The molecule has 0 spiro atoms. The van der Waals surface area contributed by atoms with Crippen LogP contribution in [0.25, 0.3) is 11.1 Å². The van der Waals surface area contributed by atoms with Crippen molar-refractivity contribution in [1.82, 2.24) is 4.90 Å². The number of carbonyl (C=O) groups is 1. The second-order valence-electron chi connectivity index (χ2n) is 9.82. The molecular formula is C30H31FN2O. The smallest absolute Gasteiger partial charge is 0.227 e. The highest BCUT2D eigenvalue weighted by Gasteiger charge is 2.50. The zero-order valence-corrected chi connectivity index (χ0v) is 20.0. The minimum atomic E-state index is -0.246. The van der Waals surface area contributed by atoms with Crippen molar-refractivity contribution in [3.8, 4) is 11.1 Å². The van der Waals surface area contributed by atoms with E-state index in [1.165, 1.54) is 0 Å². The Morgan fingerprint density at radius 1 is 1.00 bits per heavy atom. The van der Waals surface area contributed by atoms with E-state index in [-0.39, 0.29) is 29.6 Å². The van der Waals surface area contributed by atoms with Gasteiger partial charge in [0.15, 0.2) is 0 Å². The molecule has 174 valence electrons. The van der Waals surface area contributed by atoms with Crippen molar-refractivity contribution in [2.24, 2.45) is 17.8 Å². The van der Waals surface area contributed by atoms with Gasteiger partial charge in [0, 0.05) is 43.7 Å². The topological polar surface area (TPSA) is 23.6 Å². The third-order valence-corrected chi connectivity index (χ3v) is 7.38. The Labute approximate surface area is 201 Å². The monoisotopic (exact) mass is 454 g/mol. The predicted octanol–water partition coefficient (Wildman–Crippen LogP) is 6.47. The predicted molar refractivity (Wildman–Crippen MR) is 136 cm³/mol. The lowest BCUT2D eigenvalue weighted by Crippen LogP contribution is -2.30. The lowest BCUT2D eigenvalue weighted by molar-refractivity contribution is -0.134. The number of carbonyl (C=O) groups excluding carboxylic acids is 1. The number of fused-ring (bicyclic) bond motifs is 1. The Balaban J connectivity index is 1.56. The highest BCUT2D eigenvalue weighted by atomic mass is 19.1. The summed E-state index contributed by atoms with van der Waals surface area (Å²) < 4.78 is 15.0. The van der Waals surface area contributed by atoms with Crippen molar-refractivity contribution in [3.63, 3.8) is 0 Å². The van der Waals surface area contributed by atoms with Gasteiger partial charge in [0.2, 0.25) is 5.91 Å². The van der Waals surface area contributed by atoms with Crippen LogP contribution in [0.15, 0.2) is 84.9 Å². The number of likely N-dealkylation sites (tertiary alicyclic amines) is 1. The summed E-state index contributed by atoms with van der Waals surface area (Å²) in [7, 11) is 3.98. The lowest BCUT2D eigenvalue weighted by Gasteiger charge is -2.30. The summed E-state index contributed by atoms with van der Waals surface area (Å²) in [6.07, 6.45) is 5.35. The van der Waals surface area contributed by atoms with Crippen molar-refractivity contribution in [2.45, 2.75) is 25.9 Å². The molecule has 1 fully saturated rings. The van der Waals surface area contributed by atoms with Gasteiger partial charge >= 0.3 is 0 Å². The van der Waals surface area contributed by atoms with Crippen LogP contribution in [0.3, 0.4) is 0 Å². The van der Waals surface area contributed by atoms with E-state index in [1.807, 2.05) is 78.5 Å². The maximum absolute atomic E-state index is 15.0. The molecule has 3 aromatic rings. The molecule has 5 rings (SSSR count). The average molecular weight is 455 g/mol. The summed E-state index contributed by atoms with van der Waals surface area (Å²) in [5, 5.41) is 0. The molecule has 1 saturated heterocycles. The van der Waals surface area contributed by atoms with E-state index in [0.717, 1.165) is 28.8 Å². The molecule has 1 aliphatic heterocycles. The Bertz CT molecular complexity index is 1200. The van der Waals surface area contributed by atoms with Crippen LogP contribution in [-0.4, -0.2) is 24.9 Å². The number of amides is 1. The van der Waals surface area contributed by atoms with Crippen molar-refractivity contribution in [3.05, 3.63) is 102 Å². The average Bonchev–Trinajstić information content (AvgIpc) is 3.12. The Morgan fingerprint density at radius 3 is 2.44 bits per heavy atom. The molecule has 3 aromatic carbocycles. The minimum absolute atomic E-state index is 0.0356. The third-order valence-electron chi connectivity index (χ3n) is 7.38. The number of hydrogen-bond donors (Lipinski definition) is 0. The Morgan fingerprint density at radius 2 is 1.74 bits per heavy atom. The molecule has 1 heterocycles. The molecule has 4 heteroatoms. The molecule has 0 N–H and O–H groups in total. The number of anilines is 1. The maximum Gasteiger partial charge on any atom is 0.227 e. The first-order chi connectivity index (χ1) is 16.4. The summed E-state index contributed by atoms with van der Waals surface area (Å²) in [5.41, 5.74) is 4.58. The zero-order chi connectivity index (χ0) is 23.8. The van der Waals surface area contributed by atoms with Crippen LogP contribution in [0.5, 0.6) is 0 Å². The molecular weight excluding hydrogens is 423 g/mol. The molecule has 4 atom stereocenters. The fourth-order valence-corrected chi connectivity index (χ4v) is 5.59. The van der Waals surface area contributed by atoms with Crippen LogP contribution in [0.1, 0.15) is 30.5 Å². The van der Waals surface area contributed by atoms with Crippen LogP contribution in [0, 0.1) is 23.6 Å². The van der Waals surface area contributed by atoms with Gasteiger partial charge in [0.25, 0.3) is 0 Å². The van der Waals surface area contributed by atoms with Gasteiger partial charge in [0.1, 0.15) is 5.82 Å². The summed E-state index contributed by atoms with van der Waals surface area (Å²) in [6.45, 7) is 2.73. The van der Waals surface area contributed by atoms with Gasteiger partial charge in [-0.15, -0.1) is 0 Å². The third kappa shape index (κ3) is 4.02. The number of halogens is 1. The molecule has 0 radical (unpaired) electrons. The SMILES string of the molecule is C[C@@H]1CC=C[C@H]2[C@H]1C(=O)N(Cc1ccccc1)[C@H]2c1ccc(F)c(-c2ccc(N(C)C)cc2)c1. The molecule has 34 heavy (non-hydrogen) atoms.